The van der Waals surface area contributed by atoms with Crippen molar-refractivity contribution in [3.8, 4) is 0 Å². The highest BCUT2D eigenvalue weighted by Gasteiger charge is 2.33. The van der Waals surface area contributed by atoms with Crippen LogP contribution in [-0.4, -0.2) is 52.8 Å². The Morgan fingerprint density at radius 2 is 1.96 bits per heavy atom. The van der Waals surface area contributed by atoms with Crippen molar-refractivity contribution >= 4 is 11.9 Å². The molecule has 3 heterocycles. The van der Waals surface area contributed by atoms with Gasteiger partial charge in [0.15, 0.2) is 0 Å². The number of carbonyl (C=O) groups is 2. The number of ether oxygens (including phenoxy) is 1. The molecule has 0 saturated carbocycles. The van der Waals surface area contributed by atoms with Crippen LogP contribution in [0.1, 0.15) is 46.3 Å². The second-order valence-electron chi connectivity index (χ2n) is 7.47. The molecule has 0 bridgehead atoms. The Hall–Kier alpha value is -2.73. The second-order valence-corrected chi connectivity index (χ2v) is 7.47. The first kappa shape index (κ1) is 18.6. The van der Waals surface area contributed by atoms with Crippen LogP contribution in [0, 0.1) is 6.92 Å². The highest BCUT2D eigenvalue weighted by molar-refractivity contribution is 5.94. The molecule has 1 amide bonds. The molecule has 0 aliphatic carbocycles. The van der Waals surface area contributed by atoms with Crippen molar-refractivity contribution in [1.82, 2.24) is 14.8 Å². The van der Waals surface area contributed by atoms with Crippen molar-refractivity contribution in [3.05, 3.63) is 65.0 Å². The van der Waals surface area contributed by atoms with E-state index in [1.54, 1.807) is 6.07 Å². The minimum atomic E-state index is -0.466. The zero-order chi connectivity index (χ0) is 19.5. The van der Waals surface area contributed by atoms with Gasteiger partial charge in [-0.25, -0.2) is 4.79 Å². The summed E-state index contributed by atoms with van der Waals surface area (Å²) < 4.78 is 5.43. The van der Waals surface area contributed by atoms with Crippen molar-refractivity contribution in [2.24, 2.45) is 0 Å². The number of hydrogen-bond acceptors (Lipinski definition) is 5. The van der Waals surface area contributed by atoms with Crippen LogP contribution in [0.15, 0.2) is 42.5 Å². The zero-order valence-electron chi connectivity index (χ0n) is 16.1. The molecule has 2 aromatic rings. The number of aromatic nitrogens is 1. The molecule has 1 atom stereocenters. The van der Waals surface area contributed by atoms with E-state index >= 15 is 0 Å². The third kappa shape index (κ3) is 4.07. The molecule has 4 rings (SSSR count). The van der Waals surface area contributed by atoms with Gasteiger partial charge >= 0.3 is 5.97 Å². The third-order valence-corrected chi connectivity index (χ3v) is 5.41. The van der Waals surface area contributed by atoms with Gasteiger partial charge in [-0.3, -0.25) is 14.7 Å². The molecule has 146 valence electrons. The number of carbonyl (C=O) groups excluding carboxylic acids is 2. The lowest BCUT2D eigenvalue weighted by Crippen LogP contribution is -2.35. The van der Waals surface area contributed by atoms with E-state index in [-0.39, 0.29) is 18.3 Å². The molecule has 6 nitrogen and oxygen atoms in total. The number of amides is 1. The van der Waals surface area contributed by atoms with Gasteiger partial charge in [-0.15, -0.1) is 0 Å². The molecule has 0 N–H and O–H groups in total. The van der Waals surface area contributed by atoms with Crippen LogP contribution in [0.4, 0.5) is 0 Å². The van der Waals surface area contributed by atoms with Gasteiger partial charge in [0.05, 0.1) is 17.7 Å². The number of benzene rings is 1. The highest BCUT2D eigenvalue weighted by atomic mass is 16.5. The maximum absolute atomic E-state index is 12.8. The lowest BCUT2D eigenvalue weighted by atomic mass is 10.0. The second kappa shape index (κ2) is 8.10. The summed E-state index contributed by atoms with van der Waals surface area (Å²) in [7, 11) is 0. The molecule has 28 heavy (non-hydrogen) atoms. The van der Waals surface area contributed by atoms with Crippen LogP contribution in [0.25, 0.3) is 0 Å². The van der Waals surface area contributed by atoms with Gasteiger partial charge in [-0.1, -0.05) is 24.3 Å². The quantitative estimate of drug-likeness (QED) is 0.765. The topological polar surface area (TPSA) is 62.7 Å². The Bertz CT molecular complexity index is 883. The monoisotopic (exact) mass is 379 g/mol. The number of esters is 1. The van der Waals surface area contributed by atoms with Crippen LogP contribution < -0.4 is 0 Å². The number of aryl methyl sites for hydroxylation is 1. The molecule has 1 fully saturated rings. The fourth-order valence-corrected chi connectivity index (χ4v) is 3.95. The first-order valence-electron chi connectivity index (χ1n) is 9.83. The third-order valence-electron chi connectivity index (χ3n) is 5.41. The summed E-state index contributed by atoms with van der Waals surface area (Å²) in [6.45, 7) is 5.99. The van der Waals surface area contributed by atoms with Crippen molar-refractivity contribution in [3.63, 3.8) is 0 Å². The van der Waals surface area contributed by atoms with Gasteiger partial charge in [0.25, 0.3) is 0 Å². The van der Waals surface area contributed by atoms with Gasteiger partial charge in [0.2, 0.25) is 5.91 Å². The maximum Gasteiger partial charge on any atom is 0.339 e. The largest absolute Gasteiger partial charge is 0.453 e. The lowest BCUT2D eigenvalue weighted by molar-refractivity contribution is -0.133. The Kier molecular flexibility index (Phi) is 5.39. The van der Waals surface area contributed by atoms with Crippen LogP contribution in [-0.2, 0) is 16.1 Å². The maximum atomic E-state index is 12.8. The summed E-state index contributed by atoms with van der Waals surface area (Å²) in [4.78, 5) is 33.6. The molecular weight excluding hydrogens is 354 g/mol. The highest BCUT2D eigenvalue weighted by Crippen LogP contribution is 2.33. The van der Waals surface area contributed by atoms with E-state index in [1.165, 1.54) is 0 Å². The minimum Gasteiger partial charge on any atom is -0.453 e. The molecular formula is C22H25N3O3. The fraction of sp³-hybridized carbons (Fsp3) is 0.409. The number of nitrogens with zero attached hydrogens (tertiary/aromatic N) is 3. The molecule has 1 aromatic carbocycles. The van der Waals surface area contributed by atoms with Crippen LogP contribution in [0.2, 0.25) is 0 Å². The first-order valence-corrected chi connectivity index (χ1v) is 9.83. The summed E-state index contributed by atoms with van der Waals surface area (Å²) in [6.07, 6.45) is 0.674. The van der Waals surface area contributed by atoms with Gasteiger partial charge < -0.3 is 9.64 Å². The predicted octanol–water partition coefficient (Wildman–Crippen LogP) is 2.73. The van der Waals surface area contributed by atoms with Crippen molar-refractivity contribution < 1.29 is 14.3 Å². The van der Waals surface area contributed by atoms with Gasteiger partial charge in [0.1, 0.15) is 6.10 Å². The van der Waals surface area contributed by atoms with E-state index in [4.69, 9.17) is 4.74 Å². The Morgan fingerprint density at radius 1 is 1.11 bits per heavy atom. The Morgan fingerprint density at radius 3 is 2.82 bits per heavy atom. The molecule has 1 aromatic heterocycles. The molecule has 2 aliphatic heterocycles. The van der Waals surface area contributed by atoms with Gasteiger partial charge in [0, 0.05) is 44.0 Å². The molecule has 0 spiro atoms. The first-order chi connectivity index (χ1) is 13.6. The normalized spacial score (nSPS) is 19.8. The molecule has 0 radical (unpaired) electrons. The Labute approximate surface area is 165 Å². The van der Waals surface area contributed by atoms with E-state index in [0.717, 1.165) is 49.6 Å². The van der Waals surface area contributed by atoms with Crippen LogP contribution in [0.3, 0.4) is 0 Å². The number of cyclic esters (lactones) is 1. The van der Waals surface area contributed by atoms with Crippen molar-refractivity contribution in [2.75, 3.05) is 26.2 Å². The van der Waals surface area contributed by atoms with E-state index in [9.17, 15) is 9.59 Å². The number of fused-ring (bicyclic) bond motifs is 1. The molecule has 2 aliphatic rings. The summed E-state index contributed by atoms with van der Waals surface area (Å²) in [5.74, 6) is -0.286. The fourth-order valence-electron chi connectivity index (χ4n) is 3.95. The number of pyridine rings is 1. The van der Waals surface area contributed by atoms with Crippen LogP contribution in [0.5, 0.6) is 0 Å². The number of hydrogen-bond donors (Lipinski definition) is 0. The van der Waals surface area contributed by atoms with E-state index in [1.807, 2.05) is 48.2 Å². The van der Waals surface area contributed by atoms with Gasteiger partial charge in [-0.05, 0) is 31.5 Å². The summed E-state index contributed by atoms with van der Waals surface area (Å²) in [6, 6.07) is 13.4. The average Bonchev–Trinajstić information content (AvgIpc) is 2.85. The Balaban J connectivity index is 1.34. The average molecular weight is 379 g/mol. The van der Waals surface area contributed by atoms with E-state index < -0.39 is 6.10 Å². The summed E-state index contributed by atoms with van der Waals surface area (Å²) >= 11 is 0. The van der Waals surface area contributed by atoms with Crippen LogP contribution >= 0.6 is 0 Å². The van der Waals surface area contributed by atoms with E-state index in [0.29, 0.717) is 12.1 Å². The molecule has 1 unspecified atom stereocenters. The zero-order valence-corrected chi connectivity index (χ0v) is 16.1. The lowest BCUT2D eigenvalue weighted by Gasteiger charge is -2.23. The van der Waals surface area contributed by atoms with Crippen molar-refractivity contribution in [1.29, 1.82) is 0 Å². The van der Waals surface area contributed by atoms with Gasteiger partial charge in [-0.2, -0.15) is 0 Å². The SMILES string of the molecule is Cc1cccc(CN2CCCN(C(=O)CC3OC(=O)c4ccccc43)CC2)n1. The summed E-state index contributed by atoms with van der Waals surface area (Å²) in [5, 5.41) is 0. The summed E-state index contributed by atoms with van der Waals surface area (Å²) in [5.41, 5.74) is 3.49. The molecule has 1 saturated heterocycles. The standard InChI is InChI=1S/C22H25N3O3/c1-16-6-4-7-17(23-16)15-24-10-5-11-25(13-12-24)21(26)14-20-18-8-2-3-9-19(18)22(27)28-20/h2-4,6-9,20H,5,10-15H2,1H3. The molecule has 6 heteroatoms. The van der Waals surface area contributed by atoms with E-state index in [2.05, 4.69) is 9.88 Å². The minimum absolute atomic E-state index is 0.0463. The number of rotatable bonds is 4. The van der Waals surface area contributed by atoms with Crippen molar-refractivity contribution in [2.45, 2.75) is 32.4 Å². The smallest absolute Gasteiger partial charge is 0.339 e. The predicted molar refractivity (Wildman–Crippen MR) is 105 cm³/mol.